The Morgan fingerprint density at radius 3 is 1.80 bits per heavy atom. The quantitative estimate of drug-likeness (QED) is 0.646. The fourth-order valence-electron chi connectivity index (χ4n) is 0.315. The van der Waals surface area contributed by atoms with Crippen molar-refractivity contribution in [3.05, 3.63) is 0 Å². The van der Waals surface area contributed by atoms with E-state index in [-0.39, 0.29) is 0 Å². The monoisotopic (exact) mass is 157 g/mol. The van der Waals surface area contributed by atoms with Gasteiger partial charge in [0.15, 0.2) is 5.60 Å². The summed E-state index contributed by atoms with van der Waals surface area (Å²) in [4.78, 5) is 0. The molecule has 0 fully saturated rings. The molecule has 0 rings (SSSR count). The van der Waals surface area contributed by atoms with Gasteiger partial charge in [-0.2, -0.15) is 13.2 Å². The molecular formula is C5H10F3NO. The molecule has 0 aromatic rings. The van der Waals surface area contributed by atoms with Gasteiger partial charge >= 0.3 is 6.18 Å². The van der Waals surface area contributed by atoms with Crippen molar-refractivity contribution in [2.24, 2.45) is 5.73 Å². The Kier molecular flexibility index (Phi) is 2.67. The molecule has 5 heteroatoms. The molecule has 2 N–H and O–H groups in total. The molecule has 0 saturated heterocycles. The van der Waals surface area contributed by atoms with Gasteiger partial charge in [0.1, 0.15) is 0 Å². The Morgan fingerprint density at radius 2 is 1.80 bits per heavy atom. The summed E-state index contributed by atoms with van der Waals surface area (Å²) >= 11 is 0. The summed E-state index contributed by atoms with van der Waals surface area (Å²) in [5, 5.41) is 0. The van der Waals surface area contributed by atoms with E-state index in [1.165, 1.54) is 0 Å². The number of methoxy groups -OCH3 is 1. The molecule has 0 unspecified atom stereocenters. The minimum Gasteiger partial charge on any atom is -0.368 e. The van der Waals surface area contributed by atoms with Crippen molar-refractivity contribution in [1.29, 1.82) is 0 Å². The number of hydrogen-bond acceptors (Lipinski definition) is 2. The number of hydrogen-bond donors (Lipinski definition) is 1. The Labute approximate surface area is 57.1 Å². The van der Waals surface area contributed by atoms with Gasteiger partial charge in [0, 0.05) is 13.7 Å². The predicted octanol–water partition coefficient (Wildman–Crippen LogP) is 0.912. The van der Waals surface area contributed by atoms with Crippen molar-refractivity contribution in [1.82, 2.24) is 0 Å². The third-order valence-corrected chi connectivity index (χ3v) is 1.44. The van der Waals surface area contributed by atoms with Crippen LogP contribution in [0, 0.1) is 0 Å². The number of nitrogens with two attached hydrogens (primary N) is 1. The molecule has 62 valence electrons. The molecule has 0 heterocycles. The second kappa shape index (κ2) is 2.75. The number of halogens is 3. The average molecular weight is 157 g/mol. The summed E-state index contributed by atoms with van der Waals surface area (Å²) < 4.78 is 39.9. The second-order valence-electron chi connectivity index (χ2n) is 2.14. The maximum Gasteiger partial charge on any atom is 0.418 e. The van der Waals surface area contributed by atoms with E-state index in [1.807, 2.05) is 0 Å². The molecular weight excluding hydrogens is 147 g/mol. The topological polar surface area (TPSA) is 35.2 Å². The van der Waals surface area contributed by atoms with Crippen LogP contribution in [0.1, 0.15) is 6.92 Å². The lowest BCUT2D eigenvalue weighted by Crippen LogP contribution is -2.50. The van der Waals surface area contributed by atoms with Gasteiger partial charge in [0.25, 0.3) is 0 Å². The standard InChI is InChI=1S/C5H10F3NO/c1-4(3-9,10-2)5(6,7)8/h3,9H2,1-2H3/t4-/m0/s1. The highest BCUT2D eigenvalue weighted by Crippen LogP contribution is 2.31. The minimum atomic E-state index is -4.39. The van der Waals surface area contributed by atoms with E-state index in [1.54, 1.807) is 0 Å². The summed E-state index contributed by atoms with van der Waals surface area (Å²) in [7, 11) is 0.986. The zero-order valence-corrected chi connectivity index (χ0v) is 5.83. The van der Waals surface area contributed by atoms with E-state index < -0.39 is 18.3 Å². The number of rotatable bonds is 2. The molecule has 0 radical (unpaired) electrons. The number of alkyl halides is 3. The van der Waals surface area contributed by atoms with Gasteiger partial charge < -0.3 is 10.5 Å². The molecule has 0 amide bonds. The zero-order chi connectivity index (χ0) is 8.41. The minimum absolute atomic E-state index is 0.562. The van der Waals surface area contributed by atoms with Crippen LogP contribution in [0.4, 0.5) is 13.2 Å². The Hall–Kier alpha value is -0.290. The van der Waals surface area contributed by atoms with Crippen LogP contribution in [0.25, 0.3) is 0 Å². The van der Waals surface area contributed by atoms with Gasteiger partial charge in [0.2, 0.25) is 0 Å². The van der Waals surface area contributed by atoms with Crippen LogP contribution in [-0.2, 0) is 4.74 Å². The highest BCUT2D eigenvalue weighted by molar-refractivity contribution is 4.83. The SMILES string of the molecule is CO[C@@](C)(CN)C(F)(F)F. The van der Waals surface area contributed by atoms with Gasteiger partial charge in [-0.3, -0.25) is 0 Å². The fraction of sp³-hybridized carbons (Fsp3) is 1.00. The Morgan fingerprint density at radius 1 is 1.40 bits per heavy atom. The van der Waals surface area contributed by atoms with Gasteiger partial charge in [-0.25, -0.2) is 0 Å². The van der Waals surface area contributed by atoms with Crippen LogP contribution >= 0.6 is 0 Å². The average Bonchev–Trinajstić information content (AvgIpc) is 1.84. The highest BCUT2D eigenvalue weighted by Gasteiger charge is 2.50. The lowest BCUT2D eigenvalue weighted by molar-refractivity contribution is -0.258. The molecule has 0 aliphatic carbocycles. The lowest BCUT2D eigenvalue weighted by Gasteiger charge is -2.28. The first kappa shape index (κ1) is 9.71. The smallest absolute Gasteiger partial charge is 0.368 e. The van der Waals surface area contributed by atoms with Crippen molar-refractivity contribution >= 4 is 0 Å². The van der Waals surface area contributed by atoms with Gasteiger partial charge in [-0.05, 0) is 6.92 Å². The van der Waals surface area contributed by atoms with E-state index in [4.69, 9.17) is 5.73 Å². The van der Waals surface area contributed by atoms with Crippen LogP contribution in [0.3, 0.4) is 0 Å². The first-order chi connectivity index (χ1) is 4.37. The van der Waals surface area contributed by atoms with Gasteiger partial charge in [-0.1, -0.05) is 0 Å². The third-order valence-electron chi connectivity index (χ3n) is 1.44. The molecule has 1 atom stereocenters. The zero-order valence-electron chi connectivity index (χ0n) is 5.83. The fourth-order valence-corrected chi connectivity index (χ4v) is 0.315. The summed E-state index contributed by atoms with van der Waals surface area (Å²) in [5.41, 5.74) is 2.66. The molecule has 10 heavy (non-hydrogen) atoms. The van der Waals surface area contributed by atoms with Crippen LogP contribution < -0.4 is 5.73 Å². The van der Waals surface area contributed by atoms with Crippen molar-refractivity contribution in [3.8, 4) is 0 Å². The van der Waals surface area contributed by atoms with E-state index in [2.05, 4.69) is 4.74 Å². The predicted molar refractivity (Wildman–Crippen MR) is 30.5 cm³/mol. The molecule has 0 saturated carbocycles. The first-order valence-electron chi connectivity index (χ1n) is 2.69. The molecule has 0 aliphatic rings. The van der Waals surface area contributed by atoms with Gasteiger partial charge in [0.05, 0.1) is 0 Å². The molecule has 0 aliphatic heterocycles. The maximum absolute atomic E-state index is 11.9. The summed E-state index contributed by atoms with van der Waals surface area (Å²) in [5.74, 6) is 0. The number of ether oxygens (including phenoxy) is 1. The van der Waals surface area contributed by atoms with Crippen molar-refractivity contribution in [2.75, 3.05) is 13.7 Å². The largest absolute Gasteiger partial charge is 0.418 e. The maximum atomic E-state index is 11.9. The molecule has 0 aromatic heterocycles. The Balaban J connectivity index is 4.33. The molecule has 2 nitrogen and oxygen atoms in total. The van der Waals surface area contributed by atoms with E-state index in [9.17, 15) is 13.2 Å². The summed E-state index contributed by atoms with van der Waals surface area (Å²) in [6.45, 7) is 0.347. The summed E-state index contributed by atoms with van der Waals surface area (Å²) in [6, 6.07) is 0. The molecule has 0 bridgehead atoms. The normalized spacial score (nSPS) is 18.6. The van der Waals surface area contributed by atoms with Gasteiger partial charge in [-0.15, -0.1) is 0 Å². The summed E-state index contributed by atoms with van der Waals surface area (Å²) in [6.07, 6.45) is -4.39. The highest BCUT2D eigenvalue weighted by atomic mass is 19.4. The van der Waals surface area contributed by atoms with Crippen LogP contribution in [-0.4, -0.2) is 25.4 Å². The van der Waals surface area contributed by atoms with E-state index in [0.717, 1.165) is 14.0 Å². The third kappa shape index (κ3) is 1.60. The van der Waals surface area contributed by atoms with Crippen molar-refractivity contribution < 1.29 is 17.9 Å². The van der Waals surface area contributed by atoms with Crippen LogP contribution in [0.2, 0.25) is 0 Å². The lowest BCUT2D eigenvalue weighted by atomic mass is 10.1. The van der Waals surface area contributed by atoms with Crippen molar-refractivity contribution in [3.63, 3.8) is 0 Å². The van der Waals surface area contributed by atoms with E-state index in [0.29, 0.717) is 0 Å². The van der Waals surface area contributed by atoms with E-state index >= 15 is 0 Å². The first-order valence-corrected chi connectivity index (χ1v) is 2.69. The second-order valence-corrected chi connectivity index (χ2v) is 2.14. The molecule has 0 aromatic carbocycles. The Bertz CT molecular complexity index is 108. The van der Waals surface area contributed by atoms with Crippen LogP contribution in [0.5, 0.6) is 0 Å². The van der Waals surface area contributed by atoms with Crippen LogP contribution in [0.15, 0.2) is 0 Å². The molecule has 0 spiro atoms. The van der Waals surface area contributed by atoms with Crippen molar-refractivity contribution in [2.45, 2.75) is 18.7 Å².